The number of nitrogens with zero attached hydrogens (tertiary/aromatic N) is 1. The van der Waals surface area contributed by atoms with Crippen molar-refractivity contribution in [2.45, 2.75) is 18.8 Å². The van der Waals surface area contributed by atoms with E-state index in [1.165, 1.54) is 0 Å². The Morgan fingerprint density at radius 2 is 1.44 bits per heavy atom. The number of ether oxygens (including phenoxy) is 2. The Bertz CT molecular complexity index is 716. The molecule has 0 heterocycles. The van der Waals surface area contributed by atoms with Crippen molar-refractivity contribution in [3.63, 3.8) is 0 Å². The van der Waals surface area contributed by atoms with Gasteiger partial charge in [-0.05, 0) is 53.4 Å². The molecule has 0 saturated heterocycles. The monoisotopic (exact) mass is 357 g/mol. The van der Waals surface area contributed by atoms with E-state index in [9.17, 15) is 10.1 Å². The van der Waals surface area contributed by atoms with Crippen molar-refractivity contribution in [3.05, 3.63) is 59.7 Å². The first-order valence-electron chi connectivity index (χ1n) is 7.86. The van der Waals surface area contributed by atoms with Gasteiger partial charge in [0.05, 0.1) is 20.3 Å². The summed E-state index contributed by atoms with van der Waals surface area (Å²) in [6, 6.07) is 17.0. The smallest absolute Gasteiger partial charge is 0.224 e. The van der Waals surface area contributed by atoms with Crippen LogP contribution in [0.5, 0.6) is 11.5 Å². The van der Waals surface area contributed by atoms with Crippen molar-refractivity contribution in [3.8, 4) is 17.6 Å². The van der Waals surface area contributed by atoms with E-state index in [2.05, 4.69) is 6.07 Å². The molecule has 0 saturated carbocycles. The van der Waals surface area contributed by atoms with Crippen molar-refractivity contribution < 1.29 is 14.3 Å². The van der Waals surface area contributed by atoms with E-state index < -0.39 is 16.6 Å². The minimum Gasteiger partial charge on any atom is -0.497 e. The number of carbonyl (C=O) groups is 1. The maximum Gasteiger partial charge on any atom is 0.224 e. The molecule has 0 aliphatic heterocycles. The fourth-order valence-corrected chi connectivity index (χ4v) is 2.94. The predicted octanol–water partition coefficient (Wildman–Crippen LogP) is 4.31. The van der Waals surface area contributed by atoms with Crippen molar-refractivity contribution >= 4 is 16.8 Å². The van der Waals surface area contributed by atoms with Gasteiger partial charge in [-0.2, -0.15) is 5.26 Å². The van der Waals surface area contributed by atoms with Gasteiger partial charge in [-0.25, -0.2) is 0 Å². The van der Waals surface area contributed by atoms with Gasteiger partial charge in [-0.3, -0.25) is 4.79 Å². The first-order chi connectivity index (χ1) is 12.0. The second-order valence-electron chi connectivity index (χ2n) is 5.88. The fourth-order valence-electron chi connectivity index (χ4n) is 2.87. The molecule has 0 fully saturated rings. The molecule has 0 aromatic heterocycles. The van der Waals surface area contributed by atoms with Crippen molar-refractivity contribution in [1.82, 2.24) is 0 Å². The van der Waals surface area contributed by atoms with Crippen LogP contribution >= 0.6 is 11.6 Å². The summed E-state index contributed by atoms with van der Waals surface area (Å²) in [5.74, 6) is 0.934. The molecule has 0 radical (unpaired) electrons. The Balaban J connectivity index is 2.58. The van der Waals surface area contributed by atoms with Gasteiger partial charge in [0.15, 0.2) is 0 Å². The quantitative estimate of drug-likeness (QED) is 0.693. The maximum absolute atomic E-state index is 11.6. The highest BCUT2D eigenvalue weighted by Crippen LogP contribution is 2.39. The van der Waals surface area contributed by atoms with Crippen LogP contribution in [0.3, 0.4) is 0 Å². The van der Waals surface area contributed by atoms with Crippen LogP contribution in [0.25, 0.3) is 0 Å². The summed E-state index contributed by atoms with van der Waals surface area (Å²) in [6.07, 6.45) is 0.282. The molecule has 5 heteroatoms. The number of hydrogen-bond donors (Lipinski definition) is 0. The van der Waals surface area contributed by atoms with Gasteiger partial charge in [0.1, 0.15) is 16.9 Å². The minimum atomic E-state index is -0.998. The molecule has 0 amide bonds. The predicted molar refractivity (Wildman–Crippen MR) is 97.0 cm³/mol. The Morgan fingerprint density at radius 3 is 1.72 bits per heavy atom. The molecule has 4 nitrogen and oxygen atoms in total. The van der Waals surface area contributed by atoms with Crippen LogP contribution < -0.4 is 9.47 Å². The number of methoxy groups -OCH3 is 2. The lowest BCUT2D eigenvalue weighted by atomic mass is 9.70. The second kappa shape index (κ2) is 8.04. The summed E-state index contributed by atoms with van der Waals surface area (Å²) in [7, 11) is 3.18. The normalized spacial score (nSPS) is 12.1. The first-order valence-corrected chi connectivity index (χ1v) is 8.24. The number of nitriles is 1. The van der Waals surface area contributed by atoms with E-state index in [0.29, 0.717) is 11.5 Å². The summed E-state index contributed by atoms with van der Waals surface area (Å²) in [4.78, 5) is 11.6. The third kappa shape index (κ3) is 3.94. The van der Waals surface area contributed by atoms with Crippen molar-refractivity contribution in [2.24, 2.45) is 5.92 Å². The molecule has 0 N–H and O–H groups in total. The summed E-state index contributed by atoms with van der Waals surface area (Å²) in [6.45, 7) is 1.73. The standard InChI is InChI=1S/C20H20ClNO3/c1-14(19(21)23)12-20(13-22,15-4-8-17(24-2)9-5-15)16-6-10-18(25-3)11-7-16/h4-11,14H,12H2,1-3H3. The fraction of sp³-hybridized carbons (Fsp3) is 0.300. The van der Waals surface area contributed by atoms with E-state index >= 15 is 0 Å². The van der Waals surface area contributed by atoms with Crippen LogP contribution in [0.4, 0.5) is 0 Å². The minimum absolute atomic E-state index is 0.282. The molecular formula is C20H20ClNO3. The lowest BCUT2D eigenvalue weighted by Crippen LogP contribution is -2.30. The first kappa shape index (κ1) is 18.8. The van der Waals surface area contributed by atoms with E-state index in [-0.39, 0.29) is 6.42 Å². The number of hydrogen-bond acceptors (Lipinski definition) is 4. The second-order valence-corrected chi connectivity index (χ2v) is 6.26. The number of carbonyl (C=O) groups excluding carboxylic acids is 1. The topological polar surface area (TPSA) is 59.3 Å². The zero-order valence-corrected chi connectivity index (χ0v) is 15.2. The van der Waals surface area contributed by atoms with Crippen molar-refractivity contribution in [2.75, 3.05) is 14.2 Å². The summed E-state index contributed by atoms with van der Waals surface area (Å²) >= 11 is 5.67. The molecule has 0 spiro atoms. The van der Waals surface area contributed by atoms with E-state index in [0.717, 1.165) is 11.1 Å². The SMILES string of the molecule is COc1ccc(C(C#N)(CC(C)C(=O)Cl)c2ccc(OC)cc2)cc1. The average molecular weight is 358 g/mol. The highest BCUT2D eigenvalue weighted by Gasteiger charge is 2.37. The van der Waals surface area contributed by atoms with E-state index in [1.807, 2.05) is 24.3 Å². The van der Waals surface area contributed by atoms with Crippen LogP contribution in [-0.4, -0.2) is 19.5 Å². The molecule has 1 atom stereocenters. The van der Waals surface area contributed by atoms with Gasteiger partial charge < -0.3 is 9.47 Å². The molecule has 130 valence electrons. The van der Waals surface area contributed by atoms with Crippen molar-refractivity contribution in [1.29, 1.82) is 5.26 Å². The lowest BCUT2D eigenvalue weighted by molar-refractivity contribution is -0.115. The third-order valence-electron chi connectivity index (χ3n) is 4.36. The summed E-state index contributed by atoms with van der Waals surface area (Å²) in [5.41, 5.74) is 0.569. The number of benzene rings is 2. The van der Waals surface area contributed by atoms with Crippen LogP contribution in [0.15, 0.2) is 48.5 Å². The molecule has 2 aromatic rings. The van der Waals surface area contributed by atoms with Gasteiger partial charge in [0.25, 0.3) is 0 Å². The largest absolute Gasteiger partial charge is 0.497 e. The lowest BCUT2D eigenvalue weighted by Gasteiger charge is -2.30. The summed E-state index contributed by atoms with van der Waals surface area (Å²) < 4.78 is 10.4. The van der Waals surface area contributed by atoms with Gasteiger partial charge in [0.2, 0.25) is 5.24 Å². The highest BCUT2D eigenvalue weighted by molar-refractivity contribution is 6.63. The molecule has 2 aromatic carbocycles. The molecule has 0 bridgehead atoms. The van der Waals surface area contributed by atoms with Crippen LogP contribution in [0, 0.1) is 17.2 Å². The zero-order valence-electron chi connectivity index (χ0n) is 14.5. The molecular weight excluding hydrogens is 338 g/mol. The third-order valence-corrected chi connectivity index (χ3v) is 4.73. The Hall–Kier alpha value is -2.51. The molecule has 1 unspecified atom stereocenters. The Kier molecular flexibility index (Phi) is 6.06. The summed E-state index contributed by atoms with van der Waals surface area (Å²) in [5, 5.41) is 9.64. The number of rotatable bonds is 7. The van der Waals surface area contributed by atoms with Gasteiger partial charge >= 0.3 is 0 Å². The van der Waals surface area contributed by atoms with Crippen LogP contribution in [-0.2, 0) is 10.2 Å². The van der Waals surface area contributed by atoms with Crippen LogP contribution in [0.1, 0.15) is 24.5 Å². The maximum atomic E-state index is 11.6. The Labute approximate surface area is 152 Å². The highest BCUT2D eigenvalue weighted by atomic mass is 35.5. The molecule has 25 heavy (non-hydrogen) atoms. The molecule has 0 aliphatic rings. The van der Waals surface area contributed by atoms with Gasteiger partial charge in [-0.1, -0.05) is 31.2 Å². The zero-order chi connectivity index (χ0) is 18.4. The van der Waals surface area contributed by atoms with E-state index in [1.54, 1.807) is 45.4 Å². The molecule has 2 rings (SSSR count). The molecule has 0 aliphatic carbocycles. The Morgan fingerprint density at radius 1 is 1.04 bits per heavy atom. The average Bonchev–Trinajstić information content (AvgIpc) is 2.66. The van der Waals surface area contributed by atoms with Gasteiger partial charge in [-0.15, -0.1) is 0 Å². The van der Waals surface area contributed by atoms with E-state index in [4.69, 9.17) is 21.1 Å². The van der Waals surface area contributed by atoms with Crippen LogP contribution in [0.2, 0.25) is 0 Å². The number of halogens is 1. The van der Waals surface area contributed by atoms with Gasteiger partial charge in [0, 0.05) is 5.92 Å².